The van der Waals surface area contributed by atoms with E-state index in [2.05, 4.69) is 15.3 Å². The van der Waals surface area contributed by atoms with Crippen molar-refractivity contribution in [1.82, 2.24) is 0 Å². The van der Waals surface area contributed by atoms with Crippen molar-refractivity contribution in [3.05, 3.63) is 94.9 Å². The number of carbonyl (C=O) groups is 3. The highest BCUT2D eigenvalue weighted by atomic mass is 16.4. The van der Waals surface area contributed by atoms with Crippen molar-refractivity contribution in [2.45, 2.75) is 0 Å². The van der Waals surface area contributed by atoms with E-state index in [4.69, 9.17) is 0 Å². The molecule has 0 aliphatic heterocycles. The summed E-state index contributed by atoms with van der Waals surface area (Å²) < 4.78 is 0. The molecule has 0 heterocycles. The lowest BCUT2D eigenvalue weighted by atomic mass is 10.0. The maximum absolute atomic E-state index is 11.5. The third-order valence-electron chi connectivity index (χ3n) is 5.52. The molecule has 40 heavy (non-hydrogen) atoms. The van der Waals surface area contributed by atoms with Gasteiger partial charge in [-0.1, -0.05) is 0 Å². The largest absolute Gasteiger partial charge is 0.507 e. The molecule has 0 bridgehead atoms. The molecular weight excluding hydrogens is 526 g/mol. The molecule has 0 radical (unpaired) electrons. The molecule has 202 valence electrons. The van der Waals surface area contributed by atoms with Gasteiger partial charge in [0.05, 0.1) is 22.8 Å². The quantitative estimate of drug-likeness (QED) is 0.155. The molecule has 1 aliphatic rings. The van der Waals surface area contributed by atoms with Gasteiger partial charge in [-0.25, -0.2) is 24.4 Å². The van der Waals surface area contributed by atoms with Crippen molar-refractivity contribution in [3.63, 3.8) is 0 Å². The summed E-state index contributed by atoms with van der Waals surface area (Å²) in [4.78, 5) is 42.8. The number of aromatic carboxylic acids is 3. The van der Waals surface area contributed by atoms with Gasteiger partial charge in [-0.3, -0.25) is 0 Å². The van der Waals surface area contributed by atoms with Crippen LogP contribution < -0.4 is 5.32 Å². The number of aromatic hydroxyl groups is 3. The van der Waals surface area contributed by atoms with Gasteiger partial charge in [0.1, 0.15) is 45.4 Å². The molecule has 13 nitrogen and oxygen atoms in total. The van der Waals surface area contributed by atoms with E-state index in [1.807, 2.05) is 0 Å². The number of allylic oxidation sites excluding steroid dienone is 2. The summed E-state index contributed by atoms with van der Waals surface area (Å²) in [5.74, 6) is -6.04. The molecule has 13 heteroatoms. The Kier molecular flexibility index (Phi) is 7.21. The monoisotopic (exact) mass is 545 g/mol. The van der Waals surface area contributed by atoms with E-state index in [0.717, 1.165) is 36.4 Å². The molecule has 0 fully saturated rings. The summed E-state index contributed by atoms with van der Waals surface area (Å²) >= 11 is 0. The third kappa shape index (κ3) is 5.73. The Morgan fingerprint density at radius 1 is 0.575 bits per heavy atom. The molecule has 4 rings (SSSR count). The molecule has 0 aromatic heterocycles. The lowest BCUT2D eigenvalue weighted by Crippen LogP contribution is -2.19. The van der Waals surface area contributed by atoms with Crippen molar-refractivity contribution in [3.8, 4) is 17.2 Å². The lowest BCUT2D eigenvalue weighted by molar-refractivity contribution is 0.0682. The van der Waals surface area contributed by atoms with Crippen LogP contribution in [0.25, 0.3) is 0 Å². The first-order valence-corrected chi connectivity index (χ1v) is 11.2. The van der Waals surface area contributed by atoms with E-state index < -0.39 is 57.6 Å². The van der Waals surface area contributed by atoms with Crippen molar-refractivity contribution >= 4 is 46.4 Å². The van der Waals surface area contributed by atoms with Gasteiger partial charge in [0.15, 0.2) is 0 Å². The first-order valence-electron chi connectivity index (χ1n) is 11.2. The minimum atomic E-state index is -1.40. The third-order valence-corrected chi connectivity index (χ3v) is 5.52. The van der Waals surface area contributed by atoms with Gasteiger partial charge in [-0.05, 0) is 60.7 Å². The fourth-order valence-electron chi connectivity index (χ4n) is 3.60. The van der Waals surface area contributed by atoms with Crippen LogP contribution in [0.5, 0.6) is 17.2 Å². The number of nitrogens with zero attached hydrogens (tertiary/aromatic N) is 2. The van der Waals surface area contributed by atoms with Crippen LogP contribution in [0.4, 0.5) is 17.1 Å². The zero-order chi connectivity index (χ0) is 29.1. The van der Waals surface area contributed by atoms with Crippen LogP contribution in [0.2, 0.25) is 0 Å². The number of aliphatic hydroxyl groups is 1. The van der Waals surface area contributed by atoms with Gasteiger partial charge < -0.3 is 41.1 Å². The van der Waals surface area contributed by atoms with Crippen molar-refractivity contribution < 1.29 is 50.1 Å². The smallest absolute Gasteiger partial charge is 0.339 e. The SMILES string of the molecule is O=C(O)c1cc(N=C2C=C(Nc3ccc(O)c(C(=O)O)c3)C(=Nc3ccc(O)c(C(=O)O)c3)C=C2O)ccc1O. The summed E-state index contributed by atoms with van der Waals surface area (Å²) in [6.07, 6.45) is 2.48. The van der Waals surface area contributed by atoms with Crippen molar-refractivity contribution in [1.29, 1.82) is 0 Å². The summed E-state index contributed by atoms with van der Waals surface area (Å²) in [5.41, 5.74) is -0.776. The highest BCUT2D eigenvalue weighted by Gasteiger charge is 2.20. The van der Waals surface area contributed by atoms with E-state index in [1.54, 1.807) is 0 Å². The number of rotatable bonds is 7. The molecule has 0 saturated heterocycles. The topological polar surface area (TPSA) is 230 Å². The van der Waals surface area contributed by atoms with Crippen LogP contribution in [0.15, 0.2) is 88.2 Å². The van der Waals surface area contributed by atoms with Crippen LogP contribution in [0.1, 0.15) is 31.1 Å². The zero-order valence-electron chi connectivity index (χ0n) is 20.1. The molecule has 0 unspecified atom stereocenters. The average molecular weight is 545 g/mol. The van der Waals surface area contributed by atoms with Crippen LogP contribution >= 0.6 is 0 Å². The number of aliphatic imine (C=N–C) groups is 2. The number of benzene rings is 3. The number of anilines is 1. The standard InChI is InChI=1S/C27H19N3O10/c31-21-4-1-12(7-15(21)25(35)36)28-18-10-20(30-14-3-6-23(33)17(9-14)27(39)40)24(34)11-19(18)29-13-2-5-22(32)16(8-13)26(37)38/h1-11,28,31-34H,(H,35,36)(H,37,38)(H,39,40). The number of phenols is 3. The Bertz CT molecular complexity index is 1700. The highest BCUT2D eigenvalue weighted by molar-refractivity contribution is 6.24. The van der Waals surface area contributed by atoms with Gasteiger partial charge in [0.25, 0.3) is 0 Å². The van der Waals surface area contributed by atoms with Gasteiger partial charge in [0, 0.05) is 11.8 Å². The number of hydrogen-bond acceptors (Lipinski definition) is 10. The van der Waals surface area contributed by atoms with E-state index in [1.165, 1.54) is 30.4 Å². The van der Waals surface area contributed by atoms with Crippen LogP contribution in [0, 0.1) is 0 Å². The number of carboxylic acids is 3. The Morgan fingerprint density at radius 2 is 1.02 bits per heavy atom. The second-order valence-corrected chi connectivity index (χ2v) is 8.26. The summed E-state index contributed by atoms with van der Waals surface area (Å²) in [7, 11) is 0. The maximum atomic E-state index is 11.5. The van der Waals surface area contributed by atoms with Gasteiger partial charge >= 0.3 is 17.9 Å². The summed E-state index contributed by atoms with van der Waals surface area (Å²) in [6, 6.07) is 10.8. The Balaban J connectivity index is 1.83. The average Bonchev–Trinajstić information content (AvgIpc) is 2.89. The fourth-order valence-corrected chi connectivity index (χ4v) is 3.60. The van der Waals surface area contributed by atoms with Crippen LogP contribution in [-0.2, 0) is 0 Å². The van der Waals surface area contributed by atoms with Crippen molar-refractivity contribution in [2.75, 3.05) is 5.32 Å². The lowest BCUT2D eigenvalue weighted by Gasteiger charge is -2.18. The van der Waals surface area contributed by atoms with Crippen LogP contribution in [-0.4, -0.2) is 65.1 Å². The summed E-state index contributed by atoms with van der Waals surface area (Å²) in [6.45, 7) is 0. The normalized spacial score (nSPS) is 14.9. The summed E-state index contributed by atoms with van der Waals surface area (Å²) in [5, 5.41) is 70.9. The first-order chi connectivity index (χ1) is 18.9. The van der Waals surface area contributed by atoms with Crippen LogP contribution in [0.3, 0.4) is 0 Å². The zero-order valence-corrected chi connectivity index (χ0v) is 20.1. The second-order valence-electron chi connectivity index (χ2n) is 8.26. The highest BCUT2D eigenvalue weighted by Crippen LogP contribution is 2.29. The molecule has 3 aromatic rings. The molecule has 3 aromatic carbocycles. The number of hydrogen-bond donors (Lipinski definition) is 8. The first kappa shape index (κ1) is 26.9. The second kappa shape index (κ2) is 10.7. The Hall–Kier alpha value is -6.11. The van der Waals surface area contributed by atoms with Gasteiger partial charge in [-0.15, -0.1) is 0 Å². The van der Waals surface area contributed by atoms with Gasteiger partial charge in [-0.2, -0.15) is 0 Å². The molecule has 0 spiro atoms. The molecule has 0 atom stereocenters. The molecule has 0 saturated carbocycles. The van der Waals surface area contributed by atoms with E-state index in [9.17, 15) is 50.1 Å². The Labute approximate surface area is 224 Å². The minimum absolute atomic E-state index is 0.0420. The Morgan fingerprint density at radius 3 is 1.52 bits per heavy atom. The van der Waals surface area contributed by atoms with E-state index >= 15 is 0 Å². The molecule has 0 amide bonds. The van der Waals surface area contributed by atoms with Gasteiger partial charge in [0.2, 0.25) is 0 Å². The minimum Gasteiger partial charge on any atom is -0.507 e. The number of aliphatic hydroxyl groups excluding tert-OH is 1. The number of carboxylic acid groups (broad SMARTS) is 3. The van der Waals surface area contributed by atoms with Crippen molar-refractivity contribution in [2.24, 2.45) is 9.98 Å². The number of nitrogens with one attached hydrogen (secondary N) is 1. The van der Waals surface area contributed by atoms with E-state index in [0.29, 0.717) is 0 Å². The molecule has 8 N–H and O–H groups in total. The predicted octanol–water partition coefficient (Wildman–Crippen LogP) is 4.19. The molecule has 1 aliphatic carbocycles. The van der Waals surface area contributed by atoms with E-state index in [-0.39, 0.29) is 34.2 Å². The fraction of sp³-hybridized carbons (Fsp3) is 0. The predicted molar refractivity (Wildman–Crippen MR) is 142 cm³/mol. The molecular formula is C27H19N3O10. The maximum Gasteiger partial charge on any atom is 0.339 e.